The van der Waals surface area contributed by atoms with E-state index in [1.807, 2.05) is 0 Å². The van der Waals surface area contributed by atoms with Crippen molar-refractivity contribution in [3.63, 3.8) is 0 Å². The lowest BCUT2D eigenvalue weighted by molar-refractivity contribution is 0.354. The average Bonchev–Trinajstić information content (AvgIpc) is 3.16. The molecule has 130 valence electrons. The van der Waals surface area contributed by atoms with Crippen molar-refractivity contribution in [3.8, 4) is 17.3 Å². The van der Waals surface area contributed by atoms with Gasteiger partial charge >= 0.3 is 0 Å². The van der Waals surface area contributed by atoms with Gasteiger partial charge in [-0.3, -0.25) is 4.72 Å². The molecule has 0 saturated heterocycles. The number of ether oxygens (including phenoxy) is 2. The minimum atomic E-state index is -3.79. The van der Waals surface area contributed by atoms with Crippen LogP contribution in [0, 0.1) is 0 Å². The van der Waals surface area contributed by atoms with Crippen molar-refractivity contribution >= 4 is 15.7 Å². The highest BCUT2D eigenvalue weighted by molar-refractivity contribution is 7.92. The summed E-state index contributed by atoms with van der Waals surface area (Å²) < 4.78 is 39.4. The molecule has 0 unspecified atom stereocenters. The maximum atomic E-state index is 12.5. The molecule has 8 nitrogen and oxygen atoms in total. The van der Waals surface area contributed by atoms with Crippen LogP contribution in [0.2, 0.25) is 0 Å². The number of nitrogens with zero attached hydrogens (tertiary/aromatic N) is 3. The molecular weight excluding hydrogens is 344 g/mol. The number of nitrogens with one attached hydrogen (secondary N) is 1. The molecule has 0 radical (unpaired) electrons. The number of rotatable bonds is 6. The second kappa shape index (κ2) is 6.81. The average molecular weight is 360 g/mol. The number of methoxy groups -OCH3 is 2. The van der Waals surface area contributed by atoms with Gasteiger partial charge in [0.25, 0.3) is 10.0 Å². The summed E-state index contributed by atoms with van der Waals surface area (Å²) in [5, 5.41) is 4.06. The number of aromatic nitrogens is 3. The van der Waals surface area contributed by atoms with Crippen molar-refractivity contribution < 1.29 is 17.9 Å². The van der Waals surface area contributed by atoms with Gasteiger partial charge in [-0.15, -0.1) is 0 Å². The lowest BCUT2D eigenvalue weighted by Gasteiger charge is -2.11. The molecule has 0 fully saturated rings. The monoisotopic (exact) mass is 360 g/mol. The maximum absolute atomic E-state index is 12.5. The molecule has 0 spiro atoms. The molecule has 0 aliphatic carbocycles. The zero-order valence-electron chi connectivity index (χ0n) is 13.6. The molecule has 3 rings (SSSR count). The third-order valence-electron chi connectivity index (χ3n) is 3.40. The molecular formula is C16H16N4O4S. The van der Waals surface area contributed by atoms with Crippen LogP contribution in [0.3, 0.4) is 0 Å². The van der Waals surface area contributed by atoms with E-state index >= 15 is 0 Å². The van der Waals surface area contributed by atoms with Crippen LogP contribution in [0.5, 0.6) is 11.5 Å². The molecule has 1 N–H and O–H groups in total. The Bertz CT molecular complexity index is 954. The molecule has 0 atom stereocenters. The van der Waals surface area contributed by atoms with Gasteiger partial charge < -0.3 is 9.47 Å². The van der Waals surface area contributed by atoms with Crippen molar-refractivity contribution in [3.05, 3.63) is 55.0 Å². The van der Waals surface area contributed by atoms with Gasteiger partial charge in [-0.1, -0.05) is 0 Å². The quantitative estimate of drug-likeness (QED) is 0.723. The predicted molar refractivity (Wildman–Crippen MR) is 91.7 cm³/mol. The smallest absolute Gasteiger partial charge is 0.262 e. The second-order valence-corrected chi connectivity index (χ2v) is 6.66. The normalized spacial score (nSPS) is 11.1. The molecule has 0 bridgehead atoms. The number of hydrogen-bond acceptors (Lipinski definition) is 6. The standard InChI is InChI=1S/C16H16N4O4S/c1-23-14-6-5-13(10-15(14)24-2)25(21,22)19-12-4-7-16(17-11-12)20-9-3-8-18-20/h3-11,19H,1-2H3. The number of hydrogen-bond donors (Lipinski definition) is 1. The van der Waals surface area contributed by atoms with E-state index < -0.39 is 10.0 Å². The van der Waals surface area contributed by atoms with Crippen LogP contribution in [0.4, 0.5) is 5.69 Å². The molecule has 1 aromatic carbocycles. The Morgan fingerprint density at radius 3 is 2.48 bits per heavy atom. The van der Waals surface area contributed by atoms with Gasteiger partial charge in [0, 0.05) is 18.5 Å². The Hall–Kier alpha value is -3.07. The van der Waals surface area contributed by atoms with Crippen LogP contribution in [-0.2, 0) is 10.0 Å². The number of pyridine rings is 1. The highest BCUT2D eigenvalue weighted by Crippen LogP contribution is 2.30. The minimum absolute atomic E-state index is 0.0568. The summed E-state index contributed by atoms with van der Waals surface area (Å²) >= 11 is 0. The lowest BCUT2D eigenvalue weighted by atomic mass is 10.3. The Balaban J connectivity index is 1.84. The highest BCUT2D eigenvalue weighted by Gasteiger charge is 2.17. The van der Waals surface area contributed by atoms with Crippen LogP contribution in [0.1, 0.15) is 0 Å². The van der Waals surface area contributed by atoms with Crippen LogP contribution >= 0.6 is 0 Å². The summed E-state index contributed by atoms with van der Waals surface area (Å²) in [7, 11) is -0.858. The van der Waals surface area contributed by atoms with Gasteiger partial charge in [-0.2, -0.15) is 5.10 Å². The first-order chi connectivity index (χ1) is 12.0. The Morgan fingerprint density at radius 2 is 1.88 bits per heavy atom. The minimum Gasteiger partial charge on any atom is -0.493 e. The van der Waals surface area contributed by atoms with Crippen LogP contribution in [0.25, 0.3) is 5.82 Å². The molecule has 0 saturated carbocycles. The third-order valence-corrected chi connectivity index (χ3v) is 4.78. The summed E-state index contributed by atoms with van der Waals surface area (Å²) in [5.41, 5.74) is 0.339. The number of sulfonamides is 1. The summed E-state index contributed by atoms with van der Waals surface area (Å²) in [6, 6.07) is 9.42. The zero-order chi connectivity index (χ0) is 17.9. The van der Waals surface area contributed by atoms with E-state index in [9.17, 15) is 8.42 Å². The van der Waals surface area contributed by atoms with Gasteiger partial charge in [0.1, 0.15) is 0 Å². The molecule has 0 aliphatic heterocycles. The molecule has 25 heavy (non-hydrogen) atoms. The fourth-order valence-corrected chi connectivity index (χ4v) is 3.24. The van der Waals surface area contributed by atoms with Crippen LogP contribution in [0.15, 0.2) is 59.9 Å². The Morgan fingerprint density at radius 1 is 1.08 bits per heavy atom. The summed E-state index contributed by atoms with van der Waals surface area (Å²) in [5.74, 6) is 1.36. The molecule has 0 amide bonds. The largest absolute Gasteiger partial charge is 0.493 e. The van der Waals surface area contributed by atoms with E-state index in [0.717, 1.165) is 0 Å². The lowest BCUT2D eigenvalue weighted by Crippen LogP contribution is -2.13. The van der Waals surface area contributed by atoms with E-state index in [4.69, 9.17) is 9.47 Å². The van der Waals surface area contributed by atoms with Crippen molar-refractivity contribution in [2.24, 2.45) is 0 Å². The van der Waals surface area contributed by atoms with Gasteiger partial charge in [0.15, 0.2) is 17.3 Å². The fraction of sp³-hybridized carbons (Fsp3) is 0.125. The molecule has 3 aromatic rings. The molecule has 2 heterocycles. The SMILES string of the molecule is COc1ccc(S(=O)(=O)Nc2ccc(-n3cccn3)nc2)cc1OC. The summed E-state index contributed by atoms with van der Waals surface area (Å²) in [6.45, 7) is 0. The first-order valence-corrected chi connectivity index (χ1v) is 8.73. The van der Waals surface area contributed by atoms with Crippen molar-refractivity contribution in [1.29, 1.82) is 0 Å². The topological polar surface area (TPSA) is 95.3 Å². The van der Waals surface area contributed by atoms with E-state index in [-0.39, 0.29) is 4.90 Å². The maximum Gasteiger partial charge on any atom is 0.262 e. The van der Waals surface area contributed by atoms with E-state index in [1.165, 1.54) is 38.6 Å². The van der Waals surface area contributed by atoms with Crippen molar-refractivity contribution in [2.75, 3.05) is 18.9 Å². The Labute approximate surface area is 145 Å². The second-order valence-electron chi connectivity index (χ2n) is 4.98. The summed E-state index contributed by atoms with van der Waals surface area (Å²) in [6.07, 6.45) is 4.81. The number of benzene rings is 1. The third kappa shape index (κ3) is 3.56. The van der Waals surface area contributed by atoms with E-state index in [2.05, 4.69) is 14.8 Å². The molecule has 0 aliphatic rings. The van der Waals surface area contributed by atoms with Gasteiger partial charge in [-0.25, -0.2) is 18.1 Å². The summed E-state index contributed by atoms with van der Waals surface area (Å²) in [4.78, 5) is 4.25. The van der Waals surface area contributed by atoms with Crippen LogP contribution in [-0.4, -0.2) is 37.4 Å². The number of anilines is 1. The van der Waals surface area contributed by atoms with Crippen molar-refractivity contribution in [1.82, 2.24) is 14.8 Å². The van der Waals surface area contributed by atoms with Crippen LogP contribution < -0.4 is 14.2 Å². The Kier molecular flexibility index (Phi) is 4.57. The molecule has 9 heteroatoms. The molecule has 2 aromatic heterocycles. The zero-order valence-corrected chi connectivity index (χ0v) is 14.4. The van der Waals surface area contributed by atoms with Gasteiger partial charge in [0.05, 0.1) is 31.0 Å². The fourth-order valence-electron chi connectivity index (χ4n) is 2.18. The van der Waals surface area contributed by atoms with E-state index in [0.29, 0.717) is 23.0 Å². The first kappa shape index (κ1) is 16.8. The van der Waals surface area contributed by atoms with Gasteiger partial charge in [0.2, 0.25) is 0 Å². The first-order valence-electron chi connectivity index (χ1n) is 7.24. The highest BCUT2D eigenvalue weighted by atomic mass is 32.2. The predicted octanol–water partition coefficient (Wildman–Crippen LogP) is 2.09. The van der Waals surface area contributed by atoms with Gasteiger partial charge in [-0.05, 0) is 30.3 Å². The van der Waals surface area contributed by atoms with E-state index in [1.54, 1.807) is 35.3 Å². The van der Waals surface area contributed by atoms with Crippen molar-refractivity contribution in [2.45, 2.75) is 4.90 Å².